The van der Waals surface area contributed by atoms with Crippen LogP contribution >= 0.6 is 11.9 Å². The second-order valence-corrected chi connectivity index (χ2v) is 4.15. The number of hydrogen-bond donors (Lipinski definition) is 1. The summed E-state index contributed by atoms with van der Waals surface area (Å²) in [6.07, 6.45) is -0.900. The number of halogens is 1. The molecule has 0 saturated carbocycles. The van der Waals surface area contributed by atoms with E-state index in [1.54, 1.807) is 17.2 Å². The van der Waals surface area contributed by atoms with Gasteiger partial charge >= 0.3 is 5.97 Å². The molecule has 18 heavy (non-hydrogen) atoms. The summed E-state index contributed by atoms with van der Waals surface area (Å²) in [6, 6.07) is 9.03. The first kappa shape index (κ1) is 13.3. The summed E-state index contributed by atoms with van der Waals surface area (Å²) < 4.78 is 4.70. The predicted molar refractivity (Wildman–Crippen MR) is 66.7 cm³/mol. The van der Waals surface area contributed by atoms with Gasteiger partial charge in [0.2, 0.25) is 6.10 Å². The van der Waals surface area contributed by atoms with Gasteiger partial charge in [-0.3, -0.25) is 4.29 Å². The summed E-state index contributed by atoms with van der Waals surface area (Å²) in [5, 5.41) is 4.79. The first-order chi connectivity index (χ1) is 8.81. The average molecular weight is 271 g/mol. The van der Waals surface area contributed by atoms with E-state index in [4.69, 9.17) is 21.0 Å². The van der Waals surface area contributed by atoms with E-state index in [2.05, 4.69) is 5.32 Å². The van der Waals surface area contributed by atoms with Crippen molar-refractivity contribution in [3.8, 4) is 0 Å². The molecule has 1 aliphatic rings. The molecule has 0 aromatic heterocycles. The normalized spacial score (nSPS) is 18.3. The summed E-state index contributed by atoms with van der Waals surface area (Å²) in [7, 11) is 0. The summed E-state index contributed by atoms with van der Waals surface area (Å²) in [5.74, 6) is -0.502. The molecule has 0 bridgehead atoms. The Morgan fingerprint density at radius 1 is 1.28 bits per heavy atom. The molecule has 1 heterocycles. The highest BCUT2D eigenvalue weighted by Gasteiger charge is 2.26. The highest BCUT2D eigenvalue weighted by molar-refractivity contribution is 6.08. The monoisotopic (exact) mass is 270 g/mol. The third kappa shape index (κ3) is 3.43. The lowest BCUT2D eigenvalue weighted by molar-refractivity contribution is -0.201. The van der Waals surface area contributed by atoms with Crippen molar-refractivity contribution in [2.45, 2.75) is 6.10 Å². The fourth-order valence-corrected chi connectivity index (χ4v) is 1.94. The topological polar surface area (TPSA) is 50.8 Å². The van der Waals surface area contributed by atoms with Crippen molar-refractivity contribution in [2.75, 3.05) is 26.2 Å². The molecule has 6 heteroatoms. The van der Waals surface area contributed by atoms with Gasteiger partial charge in [0.25, 0.3) is 0 Å². The highest BCUT2D eigenvalue weighted by Crippen LogP contribution is 2.20. The third-order valence-electron chi connectivity index (χ3n) is 2.70. The molecule has 1 atom stereocenters. The largest absolute Gasteiger partial charge is 0.365 e. The lowest BCUT2D eigenvalue weighted by Crippen LogP contribution is -2.44. The fraction of sp³-hybridized carbons (Fsp3) is 0.417. The van der Waals surface area contributed by atoms with Crippen LogP contribution in [0.15, 0.2) is 30.3 Å². The summed E-state index contributed by atoms with van der Waals surface area (Å²) in [5.41, 5.74) is 0.674. The van der Waals surface area contributed by atoms with Gasteiger partial charge in [0, 0.05) is 26.2 Å². The number of hydrogen-bond acceptors (Lipinski definition) is 5. The lowest BCUT2D eigenvalue weighted by atomic mass is 10.1. The number of piperazine rings is 1. The van der Waals surface area contributed by atoms with Gasteiger partial charge in [-0.05, 0) is 5.56 Å². The zero-order valence-corrected chi connectivity index (χ0v) is 10.6. The van der Waals surface area contributed by atoms with Crippen LogP contribution < -0.4 is 5.32 Å². The summed E-state index contributed by atoms with van der Waals surface area (Å²) >= 11 is 5.38. The van der Waals surface area contributed by atoms with Crippen molar-refractivity contribution < 1.29 is 13.9 Å². The highest BCUT2D eigenvalue weighted by atomic mass is 35.5. The predicted octanol–water partition coefficient (Wildman–Crippen LogP) is 1.26. The number of benzene rings is 1. The van der Waals surface area contributed by atoms with Crippen LogP contribution in [0, 0.1) is 0 Å². The van der Waals surface area contributed by atoms with Crippen molar-refractivity contribution in [1.29, 1.82) is 0 Å². The minimum Gasteiger partial charge on any atom is -0.365 e. The van der Waals surface area contributed by atoms with Gasteiger partial charge in [-0.25, -0.2) is 4.79 Å². The van der Waals surface area contributed by atoms with Crippen LogP contribution in [-0.2, 0) is 13.9 Å². The van der Waals surface area contributed by atoms with Crippen molar-refractivity contribution >= 4 is 17.8 Å². The Morgan fingerprint density at radius 3 is 2.56 bits per heavy atom. The average Bonchev–Trinajstić information content (AvgIpc) is 2.42. The van der Waals surface area contributed by atoms with Crippen LogP contribution in [0.3, 0.4) is 0 Å². The molecule has 1 saturated heterocycles. The molecule has 1 aliphatic heterocycles. The van der Waals surface area contributed by atoms with Gasteiger partial charge in [-0.1, -0.05) is 30.3 Å². The van der Waals surface area contributed by atoms with E-state index in [9.17, 15) is 4.79 Å². The van der Waals surface area contributed by atoms with Crippen molar-refractivity contribution in [3.05, 3.63) is 35.9 Å². The quantitative estimate of drug-likeness (QED) is 0.893. The van der Waals surface area contributed by atoms with Crippen LogP contribution in [0.2, 0.25) is 0 Å². The Kier molecular flexibility index (Phi) is 4.95. The van der Waals surface area contributed by atoms with Gasteiger partial charge in [0.05, 0.1) is 11.9 Å². The number of rotatable bonds is 4. The standard InChI is InChI=1S/C12H15ClN2O3/c13-17-11(10-4-2-1-3-5-10)12(16)18-15-8-6-14-7-9-15/h1-5,11,14H,6-9H2. The van der Waals surface area contributed by atoms with Gasteiger partial charge in [0.15, 0.2) is 0 Å². The molecule has 1 unspecified atom stereocenters. The molecule has 0 amide bonds. The molecule has 1 aromatic rings. The molecule has 0 spiro atoms. The molecule has 2 rings (SSSR count). The minimum absolute atomic E-state index is 0.502. The van der Waals surface area contributed by atoms with Gasteiger partial charge in [-0.2, -0.15) is 0 Å². The Labute approximate surface area is 111 Å². The number of hydroxylamine groups is 2. The molecule has 0 radical (unpaired) electrons. The molecule has 1 N–H and O–H groups in total. The maximum Gasteiger partial charge on any atom is 0.360 e. The fourth-order valence-electron chi connectivity index (χ4n) is 1.76. The van der Waals surface area contributed by atoms with E-state index >= 15 is 0 Å². The number of carbonyl (C=O) groups excluding carboxylic acids is 1. The third-order valence-corrected chi connectivity index (χ3v) is 2.88. The lowest BCUT2D eigenvalue weighted by Gasteiger charge is -2.26. The molecule has 1 aromatic carbocycles. The minimum atomic E-state index is -0.900. The molecule has 5 nitrogen and oxygen atoms in total. The molecular weight excluding hydrogens is 256 g/mol. The Bertz CT molecular complexity index is 382. The zero-order chi connectivity index (χ0) is 12.8. The molecular formula is C12H15ClN2O3. The van der Waals surface area contributed by atoms with Crippen molar-refractivity contribution in [1.82, 2.24) is 10.4 Å². The summed E-state index contributed by atoms with van der Waals surface area (Å²) in [4.78, 5) is 17.2. The van der Waals surface area contributed by atoms with Crippen LogP contribution in [0.4, 0.5) is 0 Å². The van der Waals surface area contributed by atoms with Gasteiger partial charge < -0.3 is 10.2 Å². The van der Waals surface area contributed by atoms with E-state index in [0.717, 1.165) is 13.1 Å². The maximum atomic E-state index is 11.9. The van der Waals surface area contributed by atoms with Gasteiger partial charge in [0.1, 0.15) is 0 Å². The molecule has 1 fully saturated rings. The first-order valence-electron chi connectivity index (χ1n) is 5.81. The smallest absolute Gasteiger partial charge is 0.360 e. The van der Waals surface area contributed by atoms with Crippen LogP contribution in [0.1, 0.15) is 11.7 Å². The molecule has 0 aliphatic carbocycles. The number of nitrogens with zero attached hydrogens (tertiary/aromatic N) is 1. The second kappa shape index (κ2) is 6.70. The zero-order valence-electron chi connectivity index (χ0n) is 9.84. The maximum absolute atomic E-state index is 11.9. The molecule has 98 valence electrons. The van der Waals surface area contributed by atoms with E-state index in [1.165, 1.54) is 0 Å². The van der Waals surface area contributed by atoms with E-state index in [0.29, 0.717) is 18.7 Å². The van der Waals surface area contributed by atoms with E-state index in [1.807, 2.05) is 18.2 Å². The van der Waals surface area contributed by atoms with Crippen LogP contribution in [0.25, 0.3) is 0 Å². The Morgan fingerprint density at radius 2 is 1.94 bits per heavy atom. The second-order valence-electron chi connectivity index (χ2n) is 3.97. The van der Waals surface area contributed by atoms with Crippen LogP contribution in [0.5, 0.6) is 0 Å². The number of carbonyl (C=O) groups is 1. The van der Waals surface area contributed by atoms with Gasteiger partial charge in [-0.15, -0.1) is 5.06 Å². The first-order valence-corrected chi connectivity index (χ1v) is 6.12. The van der Waals surface area contributed by atoms with Crippen LogP contribution in [-0.4, -0.2) is 37.2 Å². The van der Waals surface area contributed by atoms with E-state index in [-0.39, 0.29) is 0 Å². The number of nitrogens with one attached hydrogen (secondary N) is 1. The van der Waals surface area contributed by atoms with E-state index < -0.39 is 12.1 Å². The van der Waals surface area contributed by atoms with Crippen molar-refractivity contribution in [2.24, 2.45) is 0 Å². The SMILES string of the molecule is O=C(ON1CCNCC1)C(OCl)c1ccccc1. The Hall–Kier alpha value is -1.14. The summed E-state index contributed by atoms with van der Waals surface area (Å²) in [6.45, 7) is 2.92. The Balaban J connectivity index is 1.97. The van der Waals surface area contributed by atoms with Crippen molar-refractivity contribution in [3.63, 3.8) is 0 Å².